The summed E-state index contributed by atoms with van der Waals surface area (Å²) in [5.41, 5.74) is -0.805. The van der Waals surface area contributed by atoms with Gasteiger partial charge in [0.25, 0.3) is 5.91 Å². The molecule has 9 heteroatoms. The molecule has 2 amide bonds. The van der Waals surface area contributed by atoms with E-state index in [1.165, 1.54) is 0 Å². The first-order chi connectivity index (χ1) is 12.2. The Morgan fingerprint density at radius 2 is 1.81 bits per heavy atom. The maximum atomic E-state index is 12.9. The van der Waals surface area contributed by atoms with Crippen LogP contribution in [0.3, 0.4) is 0 Å². The van der Waals surface area contributed by atoms with Crippen LogP contribution in [0.1, 0.15) is 48.5 Å². The Labute approximate surface area is 158 Å². The molecule has 0 aliphatic carbocycles. The number of aliphatic hydroxyl groups excluding tert-OH is 1. The molecule has 0 saturated carbocycles. The number of nitrogens with zero attached hydrogens (tertiary/aromatic N) is 1. The second kappa shape index (κ2) is 6.38. The Morgan fingerprint density at radius 1 is 1.19 bits per heavy atom. The lowest BCUT2D eigenvalue weighted by atomic mass is 10.00. The highest BCUT2D eigenvalue weighted by Crippen LogP contribution is 2.41. The Hall–Kier alpha value is -1.26. The normalized spacial score (nSPS) is 36.0. The number of hydrogen-bond acceptors (Lipinski definition) is 8. The van der Waals surface area contributed by atoms with Crippen LogP contribution in [0.2, 0.25) is 0 Å². The minimum absolute atomic E-state index is 0.128. The van der Waals surface area contributed by atoms with Crippen LogP contribution in [0.25, 0.3) is 0 Å². The maximum Gasteiger partial charge on any atom is 0.417 e. The summed E-state index contributed by atoms with van der Waals surface area (Å²) in [5, 5.41) is 11.0. The third kappa shape index (κ3) is 3.97. The second-order valence-electron chi connectivity index (χ2n) is 9.06. The minimum atomic E-state index is -1.23. The number of rotatable bonds is 2. The molecule has 3 fully saturated rings. The molecule has 3 rings (SSSR count). The predicted molar refractivity (Wildman–Crippen MR) is 91.6 cm³/mol. The molecule has 27 heavy (non-hydrogen) atoms. The van der Waals surface area contributed by atoms with Crippen molar-refractivity contribution in [3.05, 3.63) is 0 Å². The van der Waals surface area contributed by atoms with E-state index in [2.05, 4.69) is 0 Å². The van der Waals surface area contributed by atoms with Crippen molar-refractivity contribution in [1.29, 1.82) is 0 Å². The van der Waals surface area contributed by atoms with Gasteiger partial charge in [-0.1, -0.05) is 0 Å². The fourth-order valence-electron chi connectivity index (χ4n) is 3.63. The Bertz CT molecular complexity index is 625. The molecule has 0 spiro atoms. The molecule has 0 bridgehead atoms. The third-order valence-corrected chi connectivity index (χ3v) is 4.60. The fraction of sp³-hybridized carbons (Fsp3) is 0.889. The molecule has 3 aliphatic rings. The van der Waals surface area contributed by atoms with E-state index in [0.717, 1.165) is 4.90 Å². The van der Waals surface area contributed by atoms with E-state index in [1.54, 1.807) is 48.5 Å². The standard InChI is InChI=1S/C18H29NO8/c1-16(2,3)27-15(22)19-10(11(20)9-8-23-17(4,5)24-9)12-13(14(19)21)26-18(6,7)25-12/h9-13,20H,8H2,1-7H3/t9-,10-,11-,12-,13-/m1/s1. The van der Waals surface area contributed by atoms with Gasteiger partial charge in [-0.25, -0.2) is 9.69 Å². The van der Waals surface area contributed by atoms with Crippen molar-refractivity contribution in [1.82, 2.24) is 4.90 Å². The van der Waals surface area contributed by atoms with E-state index >= 15 is 0 Å². The molecule has 0 aromatic heterocycles. The molecule has 0 unspecified atom stereocenters. The van der Waals surface area contributed by atoms with Crippen LogP contribution in [0.4, 0.5) is 4.79 Å². The number of imide groups is 1. The Balaban J connectivity index is 1.89. The summed E-state index contributed by atoms with van der Waals surface area (Å²) in [5.74, 6) is -2.46. The van der Waals surface area contributed by atoms with E-state index < -0.39 is 59.6 Å². The zero-order valence-electron chi connectivity index (χ0n) is 16.8. The van der Waals surface area contributed by atoms with Gasteiger partial charge in [0.05, 0.1) is 6.61 Å². The molecular formula is C18H29NO8. The number of hydrogen-bond donors (Lipinski definition) is 1. The fourth-order valence-corrected chi connectivity index (χ4v) is 3.63. The van der Waals surface area contributed by atoms with Crippen molar-refractivity contribution in [2.24, 2.45) is 0 Å². The average Bonchev–Trinajstić information content (AvgIpc) is 3.07. The SMILES string of the molecule is CC(C)(C)OC(=O)N1C(=O)[C@@H]2OC(C)(C)O[C@@H]2[C@H]1[C@H](O)[C@H]1COC(C)(C)O1. The smallest absolute Gasteiger partial charge is 0.417 e. The van der Waals surface area contributed by atoms with Crippen molar-refractivity contribution in [2.75, 3.05) is 6.61 Å². The van der Waals surface area contributed by atoms with Gasteiger partial charge in [-0.05, 0) is 48.5 Å². The predicted octanol–water partition coefficient (Wildman–Crippen LogP) is 1.16. The molecule has 0 aromatic carbocycles. The van der Waals surface area contributed by atoms with Gasteiger partial charge in [0.15, 0.2) is 17.7 Å². The first-order valence-electron chi connectivity index (χ1n) is 9.12. The first-order valence-corrected chi connectivity index (χ1v) is 9.12. The van der Waals surface area contributed by atoms with Crippen LogP contribution in [-0.4, -0.2) is 76.2 Å². The van der Waals surface area contributed by atoms with Crippen molar-refractivity contribution in [3.8, 4) is 0 Å². The largest absolute Gasteiger partial charge is 0.443 e. The summed E-state index contributed by atoms with van der Waals surface area (Å²) in [7, 11) is 0. The van der Waals surface area contributed by atoms with Crippen LogP contribution in [-0.2, 0) is 28.5 Å². The van der Waals surface area contributed by atoms with E-state index in [4.69, 9.17) is 23.7 Å². The lowest BCUT2D eigenvalue weighted by Crippen LogP contribution is -2.55. The summed E-state index contributed by atoms with van der Waals surface area (Å²) in [6.45, 7) is 12.0. The summed E-state index contributed by atoms with van der Waals surface area (Å²) in [6, 6.07) is -1.01. The topological polar surface area (TPSA) is 104 Å². The van der Waals surface area contributed by atoms with Crippen LogP contribution in [0, 0.1) is 0 Å². The number of ether oxygens (including phenoxy) is 5. The van der Waals surface area contributed by atoms with Gasteiger partial charge in [-0.2, -0.15) is 0 Å². The number of carbonyl (C=O) groups is 2. The minimum Gasteiger partial charge on any atom is -0.443 e. The number of likely N-dealkylation sites (tertiary alicyclic amines) is 1. The molecule has 1 N–H and O–H groups in total. The van der Waals surface area contributed by atoms with Gasteiger partial charge >= 0.3 is 6.09 Å². The summed E-state index contributed by atoms with van der Waals surface area (Å²) in [6.07, 6.45) is -4.64. The van der Waals surface area contributed by atoms with Crippen LogP contribution in [0.5, 0.6) is 0 Å². The van der Waals surface area contributed by atoms with Crippen LogP contribution in [0.15, 0.2) is 0 Å². The molecular weight excluding hydrogens is 358 g/mol. The van der Waals surface area contributed by atoms with Gasteiger partial charge in [0.2, 0.25) is 0 Å². The lowest BCUT2D eigenvalue weighted by molar-refractivity contribution is -0.184. The molecule has 0 aromatic rings. The highest BCUT2D eigenvalue weighted by atomic mass is 16.8. The van der Waals surface area contributed by atoms with Gasteiger partial charge < -0.3 is 28.8 Å². The molecule has 154 valence electrons. The number of aliphatic hydroxyl groups is 1. The first kappa shape index (κ1) is 20.5. The highest BCUT2D eigenvalue weighted by molar-refractivity contribution is 5.98. The summed E-state index contributed by atoms with van der Waals surface area (Å²) >= 11 is 0. The van der Waals surface area contributed by atoms with E-state index in [9.17, 15) is 14.7 Å². The Morgan fingerprint density at radius 3 is 2.33 bits per heavy atom. The number of amides is 2. The average molecular weight is 387 g/mol. The van der Waals surface area contributed by atoms with Crippen molar-refractivity contribution >= 4 is 12.0 Å². The monoisotopic (exact) mass is 387 g/mol. The van der Waals surface area contributed by atoms with E-state index in [-0.39, 0.29) is 6.61 Å². The molecule has 5 atom stereocenters. The lowest BCUT2D eigenvalue weighted by Gasteiger charge is -2.34. The summed E-state index contributed by atoms with van der Waals surface area (Å²) in [4.78, 5) is 26.5. The Kier molecular flexibility index (Phi) is 4.84. The van der Waals surface area contributed by atoms with Gasteiger partial charge in [0, 0.05) is 0 Å². The van der Waals surface area contributed by atoms with Gasteiger partial charge in [-0.3, -0.25) is 4.79 Å². The van der Waals surface area contributed by atoms with Crippen molar-refractivity contribution in [3.63, 3.8) is 0 Å². The third-order valence-electron chi connectivity index (χ3n) is 4.60. The molecule has 3 heterocycles. The number of fused-ring (bicyclic) bond motifs is 1. The van der Waals surface area contributed by atoms with Crippen LogP contribution < -0.4 is 0 Å². The quantitative estimate of drug-likeness (QED) is 0.753. The maximum absolute atomic E-state index is 12.9. The van der Waals surface area contributed by atoms with Crippen molar-refractivity contribution in [2.45, 2.75) is 96.1 Å². The van der Waals surface area contributed by atoms with Gasteiger partial charge in [0.1, 0.15) is 30.0 Å². The van der Waals surface area contributed by atoms with E-state index in [0.29, 0.717) is 0 Å². The van der Waals surface area contributed by atoms with Crippen molar-refractivity contribution < 1.29 is 38.4 Å². The highest BCUT2D eigenvalue weighted by Gasteiger charge is 2.63. The zero-order chi connectivity index (χ0) is 20.4. The molecule has 3 saturated heterocycles. The van der Waals surface area contributed by atoms with Gasteiger partial charge in [-0.15, -0.1) is 0 Å². The molecule has 3 aliphatic heterocycles. The zero-order valence-corrected chi connectivity index (χ0v) is 16.8. The second-order valence-corrected chi connectivity index (χ2v) is 9.06. The van der Waals surface area contributed by atoms with E-state index in [1.807, 2.05) is 0 Å². The molecule has 9 nitrogen and oxygen atoms in total. The molecule has 0 radical (unpaired) electrons. The summed E-state index contributed by atoms with van der Waals surface area (Å²) < 4.78 is 28.1. The van der Waals surface area contributed by atoms with Crippen LogP contribution >= 0.6 is 0 Å². The number of carbonyl (C=O) groups excluding carboxylic acids is 2.